The van der Waals surface area contributed by atoms with Gasteiger partial charge in [-0.05, 0) is 24.3 Å². The Morgan fingerprint density at radius 2 is 2.00 bits per heavy atom. The molecule has 2 N–H and O–H groups in total. The molecule has 2 rings (SSSR count). The van der Waals surface area contributed by atoms with Crippen LogP contribution in [0.25, 0.3) is 11.3 Å². The molecule has 88 valence electrons. The highest BCUT2D eigenvalue weighted by Gasteiger charge is 2.12. The van der Waals surface area contributed by atoms with Crippen LogP contribution in [0.5, 0.6) is 5.75 Å². The maximum atomic E-state index is 5.67. The van der Waals surface area contributed by atoms with Gasteiger partial charge in [0.25, 0.3) is 0 Å². The summed E-state index contributed by atoms with van der Waals surface area (Å²) in [4.78, 5) is 0.351. The molecule has 0 aliphatic rings. The van der Waals surface area contributed by atoms with E-state index in [1.165, 1.54) is 0 Å². The molecule has 0 saturated carbocycles. The Labute approximate surface area is 105 Å². The van der Waals surface area contributed by atoms with Crippen molar-refractivity contribution in [3.05, 3.63) is 36.0 Å². The van der Waals surface area contributed by atoms with Gasteiger partial charge in [0.15, 0.2) is 0 Å². The second-order valence-corrected chi connectivity index (χ2v) is 4.10. The highest BCUT2D eigenvalue weighted by Crippen LogP contribution is 2.24. The predicted molar refractivity (Wildman–Crippen MR) is 71.1 cm³/mol. The van der Waals surface area contributed by atoms with E-state index in [0.717, 1.165) is 22.6 Å². The Morgan fingerprint density at radius 3 is 2.53 bits per heavy atom. The van der Waals surface area contributed by atoms with Crippen molar-refractivity contribution < 1.29 is 4.74 Å². The number of methoxy groups -OCH3 is 1. The zero-order valence-electron chi connectivity index (χ0n) is 9.68. The van der Waals surface area contributed by atoms with Crippen LogP contribution < -0.4 is 10.5 Å². The van der Waals surface area contributed by atoms with E-state index in [2.05, 4.69) is 5.10 Å². The SMILES string of the molecule is COc1ccc(-c2nn(C)cc2C(N)=S)cc1. The van der Waals surface area contributed by atoms with Gasteiger partial charge in [0.05, 0.1) is 12.7 Å². The van der Waals surface area contributed by atoms with E-state index in [4.69, 9.17) is 22.7 Å². The predicted octanol–water partition coefficient (Wildman–Crippen LogP) is 1.73. The van der Waals surface area contributed by atoms with Crippen LogP contribution in [0, 0.1) is 0 Å². The number of nitrogens with zero attached hydrogens (tertiary/aromatic N) is 2. The van der Waals surface area contributed by atoms with E-state index in [1.54, 1.807) is 11.8 Å². The van der Waals surface area contributed by atoms with Crippen LogP contribution in [0.4, 0.5) is 0 Å². The largest absolute Gasteiger partial charge is 0.497 e. The van der Waals surface area contributed by atoms with E-state index < -0.39 is 0 Å². The average molecular weight is 247 g/mol. The fourth-order valence-electron chi connectivity index (χ4n) is 1.63. The molecule has 0 unspecified atom stereocenters. The normalized spacial score (nSPS) is 10.2. The summed E-state index contributed by atoms with van der Waals surface area (Å²) in [6, 6.07) is 7.63. The van der Waals surface area contributed by atoms with Crippen molar-refractivity contribution in [3.63, 3.8) is 0 Å². The fraction of sp³-hybridized carbons (Fsp3) is 0.167. The number of aryl methyl sites for hydroxylation is 1. The molecule has 0 aliphatic carbocycles. The van der Waals surface area contributed by atoms with Crippen LogP contribution >= 0.6 is 12.2 Å². The standard InChI is InChI=1S/C12H13N3OS/c1-15-7-10(12(13)17)11(14-15)8-3-5-9(16-2)6-4-8/h3-7H,1-2H3,(H2,13,17). The first kappa shape index (κ1) is 11.6. The zero-order valence-corrected chi connectivity index (χ0v) is 10.5. The minimum absolute atomic E-state index is 0.351. The molecule has 0 fully saturated rings. The smallest absolute Gasteiger partial charge is 0.118 e. The number of rotatable bonds is 3. The molecular formula is C12H13N3OS. The van der Waals surface area contributed by atoms with Crippen LogP contribution in [0.3, 0.4) is 0 Å². The summed E-state index contributed by atoms with van der Waals surface area (Å²) in [5, 5.41) is 4.37. The van der Waals surface area contributed by atoms with Crippen molar-refractivity contribution in [1.29, 1.82) is 0 Å². The molecule has 0 radical (unpaired) electrons. The lowest BCUT2D eigenvalue weighted by molar-refractivity contribution is 0.415. The number of thiocarbonyl (C=S) groups is 1. The van der Waals surface area contributed by atoms with Gasteiger partial charge in [-0.3, -0.25) is 4.68 Å². The second-order valence-electron chi connectivity index (χ2n) is 3.66. The summed E-state index contributed by atoms with van der Waals surface area (Å²) in [5.41, 5.74) is 8.22. The first-order valence-electron chi connectivity index (χ1n) is 5.09. The minimum atomic E-state index is 0.351. The van der Waals surface area contributed by atoms with E-state index >= 15 is 0 Å². The molecule has 0 aliphatic heterocycles. The first-order valence-corrected chi connectivity index (χ1v) is 5.50. The maximum absolute atomic E-state index is 5.67. The lowest BCUT2D eigenvalue weighted by Crippen LogP contribution is -2.09. The Kier molecular flexibility index (Phi) is 3.10. The summed E-state index contributed by atoms with van der Waals surface area (Å²) in [6.07, 6.45) is 1.82. The summed E-state index contributed by atoms with van der Waals surface area (Å²) in [5.74, 6) is 0.807. The maximum Gasteiger partial charge on any atom is 0.118 e. The van der Waals surface area contributed by atoms with Gasteiger partial charge in [0.2, 0.25) is 0 Å². The number of nitrogens with two attached hydrogens (primary N) is 1. The Morgan fingerprint density at radius 1 is 1.35 bits per heavy atom. The number of benzene rings is 1. The molecule has 0 saturated heterocycles. The van der Waals surface area contributed by atoms with E-state index in [1.807, 2.05) is 37.5 Å². The van der Waals surface area contributed by atoms with Crippen molar-refractivity contribution >= 4 is 17.2 Å². The number of aromatic nitrogens is 2. The molecule has 0 spiro atoms. The molecule has 1 aromatic heterocycles. The van der Waals surface area contributed by atoms with Crippen LogP contribution in [-0.4, -0.2) is 21.9 Å². The molecule has 0 amide bonds. The number of ether oxygens (including phenoxy) is 1. The van der Waals surface area contributed by atoms with Gasteiger partial charge in [0.1, 0.15) is 16.4 Å². The quantitative estimate of drug-likeness (QED) is 0.839. The highest BCUT2D eigenvalue weighted by molar-refractivity contribution is 7.80. The van der Waals surface area contributed by atoms with Gasteiger partial charge in [0, 0.05) is 18.8 Å². The van der Waals surface area contributed by atoms with Gasteiger partial charge < -0.3 is 10.5 Å². The highest BCUT2D eigenvalue weighted by atomic mass is 32.1. The van der Waals surface area contributed by atoms with Crippen molar-refractivity contribution in [2.75, 3.05) is 7.11 Å². The minimum Gasteiger partial charge on any atom is -0.497 e. The van der Waals surface area contributed by atoms with Gasteiger partial charge in [-0.25, -0.2) is 0 Å². The molecule has 5 heteroatoms. The van der Waals surface area contributed by atoms with E-state index in [-0.39, 0.29) is 0 Å². The van der Waals surface area contributed by atoms with E-state index in [9.17, 15) is 0 Å². The van der Waals surface area contributed by atoms with Gasteiger partial charge in [-0.1, -0.05) is 12.2 Å². The zero-order chi connectivity index (χ0) is 12.4. The Hall–Kier alpha value is -1.88. The number of hydrogen-bond donors (Lipinski definition) is 1. The van der Waals surface area contributed by atoms with Gasteiger partial charge in [-0.15, -0.1) is 0 Å². The average Bonchev–Trinajstić information content (AvgIpc) is 2.72. The van der Waals surface area contributed by atoms with Crippen molar-refractivity contribution in [3.8, 4) is 17.0 Å². The van der Waals surface area contributed by atoms with E-state index in [0.29, 0.717) is 4.99 Å². The second kappa shape index (κ2) is 4.55. The van der Waals surface area contributed by atoms with Crippen LogP contribution in [0.2, 0.25) is 0 Å². The Bertz CT molecular complexity index is 545. The first-order chi connectivity index (χ1) is 8.11. The summed E-state index contributed by atoms with van der Waals surface area (Å²) in [7, 11) is 3.48. The van der Waals surface area contributed by atoms with Crippen molar-refractivity contribution in [1.82, 2.24) is 9.78 Å². The topological polar surface area (TPSA) is 53.1 Å². The Balaban J connectivity index is 2.48. The molecular weight excluding hydrogens is 234 g/mol. The third-order valence-electron chi connectivity index (χ3n) is 2.46. The number of hydrogen-bond acceptors (Lipinski definition) is 3. The molecule has 17 heavy (non-hydrogen) atoms. The molecule has 0 atom stereocenters. The monoisotopic (exact) mass is 247 g/mol. The van der Waals surface area contributed by atoms with Gasteiger partial charge >= 0.3 is 0 Å². The molecule has 4 nitrogen and oxygen atoms in total. The third kappa shape index (κ3) is 2.29. The third-order valence-corrected chi connectivity index (χ3v) is 2.68. The summed E-state index contributed by atoms with van der Waals surface area (Å²) >= 11 is 5.01. The lowest BCUT2D eigenvalue weighted by Gasteiger charge is -2.02. The molecule has 0 bridgehead atoms. The fourth-order valence-corrected chi connectivity index (χ4v) is 1.78. The van der Waals surface area contributed by atoms with Crippen LogP contribution in [0.1, 0.15) is 5.56 Å². The van der Waals surface area contributed by atoms with Crippen LogP contribution in [-0.2, 0) is 7.05 Å². The summed E-state index contributed by atoms with van der Waals surface area (Å²) < 4.78 is 6.81. The van der Waals surface area contributed by atoms with Crippen molar-refractivity contribution in [2.24, 2.45) is 12.8 Å². The molecule has 2 aromatic rings. The van der Waals surface area contributed by atoms with Gasteiger partial charge in [-0.2, -0.15) is 5.10 Å². The lowest BCUT2D eigenvalue weighted by atomic mass is 10.1. The molecule has 1 heterocycles. The summed E-state index contributed by atoms with van der Waals surface area (Å²) in [6.45, 7) is 0. The molecule has 1 aromatic carbocycles. The van der Waals surface area contributed by atoms with Crippen molar-refractivity contribution in [2.45, 2.75) is 0 Å². The van der Waals surface area contributed by atoms with Crippen LogP contribution in [0.15, 0.2) is 30.5 Å².